The molecule has 0 spiro atoms. The van der Waals surface area contributed by atoms with E-state index in [1.165, 1.54) is 13.8 Å². The summed E-state index contributed by atoms with van der Waals surface area (Å²) in [5, 5.41) is 43.4. The van der Waals surface area contributed by atoms with Crippen molar-refractivity contribution in [2.75, 3.05) is 0 Å². The van der Waals surface area contributed by atoms with Crippen molar-refractivity contribution < 1.29 is 65.5 Å². The van der Waals surface area contributed by atoms with Crippen LogP contribution in [0.5, 0.6) is 0 Å². The van der Waals surface area contributed by atoms with Crippen molar-refractivity contribution >= 4 is 142 Å². The van der Waals surface area contributed by atoms with E-state index in [0.29, 0.717) is 12.1 Å². The number of carboxylic acid groups (broad SMARTS) is 4. The Labute approximate surface area is 297 Å². The predicted molar refractivity (Wildman–Crippen MR) is 120 cm³/mol. The van der Waals surface area contributed by atoms with E-state index in [4.69, 9.17) is 9.11 Å². The molecule has 0 radical (unpaired) electrons. The molecule has 0 bridgehead atoms. The molecule has 0 amide bonds. The predicted octanol–water partition coefficient (Wildman–Crippen LogP) is -4.21. The average molecular weight is 819 g/mol. The van der Waals surface area contributed by atoms with Crippen LogP contribution in [0, 0.1) is 27.7 Å². The number of carbonyl (C=O) groups is 4. The van der Waals surface area contributed by atoms with Crippen molar-refractivity contribution in [1.82, 2.24) is 0 Å². The Hall–Kier alpha value is -0.717. The zero-order valence-electron chi connectivity index (χ0n) is 20.2. The van der Waals surface area contributed by atoms with E-state index < -0.39 is 76.2 Å². The van der Waals surface area contributed by atoms with Crippen molar-refractivity contribution in [3.8, 4) is 0 Å². The first-order chi connectivity index (χ1) is 16.1. The smallest absolute Gasteiger partial charge is 0.545 e. The van der Waals surface area contributed by atoms with Crippen LogP contribution < -0.4 is 20.4 Å². The summed E-state index contributed by atoms with van der Waals surface area (Å²) in [5.74, 6) is -6.98. The van der Waals surface area contributed by atoms with Crippen LogP contribution in [0.2, 0.25) is 0 Å². The molecule has 0 saturated heterocycles. The van der Waals surface area contributed by atoms with E-state index >= 15 is 0 Å². The first-order valence-electron chi connectivity index (χ1n) is 9.23. The summed E-state index contributed by atoms with van der Waals surface area (Å²) in [4.78, 5) is 41.8. The molecule has 0 unspecified atom stereocenters. The molecule has 2 aromatic rings. The van der Waals surface area contributed by atoms with Gasteiger partial charge in [-0.1, -0.05) is 0 Å². The number of hydrogen-bond acceptors (Lipinski definition) is 12. The molecule has 0 atom stereocenters. The van der Waals surface area contributed by atoms with Gasteiger partial charge >= 0.3 is 97.8 Å². The van der Waals surface area contributed by atoms with Crippen molar-refractivity contribution in [2.24, 2.45) is 0 Å². The minimum Gasteiger partial charge on any atom is -0.545 e. The maximum Gasteiger partial charge on any atom is 2.00 e. The molecule has 0 heterocycles. The molecule has 38 heavy (non-hydrogen) atoms. The fourth-order valence-corrected chi connectivity index (χ4v) is 4.86. The first kappa shape index (κ1) is 39.4. The zero-order valence-corrected chi connectivity index (χ0v) is 30.7. The van der Waals surface area contributed by atoms with Crippen LogP contribution in [-0.2, 0) is 20.2 Å². The molecule has 0 aliphatic rings. The monoisotopic (exact) mass is 820 g/mol. The van der Waals surface area contributed by atoms with Gasteiger partial charge in [0.2, 0.25) is 0 Å². The van der Waals surface area contributed by atoms with Crippen LogP contribution >= 0.6 is 0 Å². The minimum absolute atomic E-state index is 0. The molecule has 2 N–H and O–H groups in total. The third-order valence-electron chi connectivity index (χ3n) is 5.00. The Morgan fingerprint density at radius 2 is 0.789 bits per heavy atom. The maximum atomic E-state index is 11.0. The summed E-state index contributed by atoms with van der Waals surface area (Å²) in [6.07, 6.45) is 0. The quantitative estimate of drug-likeness (QED) is 0.207. The topological polar surface area (TPSA) is 269 Å². The molecule has 0 aromatic heterocycles. The molecule has 2 aromatic carbocycles. The van der Waals surface area contributed by atoms with E-state index in [0.717, 1.165) is 13.8 Å². The van der Waals surface area contributed by atoms with E-state index in [9.17, 15) is 56.4 Å². The molecule has 0 aliphatic carbocycles. The maximum absolute atomic E-state index is 11.0. The van der Waals surface area contributed by atoms with E-state index in [1.807, 2.05) is 0 Å². The van der Waals surface area contributed by atoms with Gasteiger partial charge < -0.3 is 39.6 Å². The van der Waals surface area contributed by atoms with Crippen LogP contribution in [0.1, 0.15) is 63.7 Å². The van der Waals surface area contributed by atoms with Gasteiger partial charge in [0.15, 0.2) is 0 Å². The Morgan fingerprint density at radius 3 is 0.947 bits per heavy atom. The second kappa shape index (κ2) is 14.8. The van der Waals surface area contributed by atoms with Crippen molar-refractivity contribution in [3.63, 3.8) is 0 Å². The summed E-state index contributed by atoms with van der Waals surface area (Å²) in [7, 11) is -9.49. The molecular weight excluding hydrogens is 803 g/mol. The van der Waals surface area contributed by atoms with Crippen LogP contribution in [0.25, 0.3) is 0 Å². The third-order valence-corrected chi connectivity index (χ3v) is 6.96. The number of hydrogen-bond donors (Lipinski definition) is 2. The summed E-state index contributed by atoms with van der Waals surface area (Å²) in [6, 6.07) is 1.31. The van der Waals surface area contributed by atoms with Crippen molar-refractivity contribution in [1.29, 1.82) is 0 Å². The van der Waals surface area contributed by atoms with Crippen molar-refractivity contribution in [3.05, 3.63) is 56.6 Å². The van der Waals surface area contributed by atoms with Crippen LogP contribution in [-0.4, -0.2) is 148 Å². The Balaban J connectivity index is 0. The molecule has 2 rings (SSSR count). The molecular formula is C20H16Ba2O14S2. The molecule has 14 nitrogen and oxygen atoms in total. The van der Waals surface area contributed by atoms with Gasteiger partial charge in [-0.2, -0.15) is 16.8 Å². The molecule has 0 aliphatic heterocycles. The Bertz CT molecular complexity index is 1410. The molecule has 0 fully saturated rings. The standard InChI is InChI=1S/2C10H10O7S.2Ba/c2*1-4-6(9(11)12)3-7(18(15,16)17)5(2)8(4)10(13)14;;/h2*3H,1-2H3,(H,11,12)(H,13,14)(H,15,16,17);;/q;;2*+2/p-4. The van der Waals surface area contributed by atoms with Crippen LogP contribution in [0.15, 0.2) is 21.9 Å². The molecule has 18 heteroatoms. The fraction of sp³-hybridized carbons (Fsp3) is 0.200. The normalized spacial score (nSPS) is 10.7. The van der Waals surface area contributed by atoms with E-state index in [2.05, 4.69) is 0 Å². The minimum atomic E-state index is -4.74. The summed E-state index contributed by atoms with van der Waals surface area (Å²) >= 11 is 0. The number of carboxylic acids is 4. The Kier molecular flexibility index (Phi) is 15.3. The summed E-state index contributed by atoms with van der Waals surface area (Å²) < 4.78 is 62.0. The third kappa shape index (κ3) is 9.16. The van der Waals surface area contributed by atoms with Gasteiger partial charge in [0, 0.05) is 22.3 Å². The van der Waals surface area contributed by atoms with Crippen molar-refractivity contribution in [2.45, 2.75) is 37.5 Å². The van der Waals surface area contributed by atoms with E-state index in [-0.39, 0.29) is 120 Å². The van der Waals surface area contributed by atoms with Gasteiger partial charge in [0.1, 0.15) is 0 Å². The zero-order chi connectivity index (χ0) is 28.5. The summed E-state index contributed by atoms with van der Waals surface area (Å²) in [6.45, 7) is 4.61. The van der Waals surface area contributed by atoms with Crippen LogP contribution in [0.4, 0.5) is 0 Å². The van der Waals surface area contributed by atoms with Crippen LogP contribution in [0.3, 0.4) is 0 Å². The van der Waals surface area contributed by atoms with Gasteiger partial charge in [-0.15, -0.1) is 0 Å². The number of benzene rings is 2. The Morgan fingerprint density at radius 1 is 0.553 bits per heavy atom. The largest absolute Gasteiger partial charge is 2.00 e. The van der Waals surface area contributed by atoms with Gasteiger partial charge in [0.05, 0.1) is 33.7 Å². The number of rotatable bonds is 6. The fourth-order valence-electron chi connectivity index (χ4n) is 3.35. The SMILES string of the molecule is Cc1c(C(=O)[O-])cc(S(=O)(=O)O)c(C)c1C(=O)[O-].Cc1c(C(=O)[O-])cc(S(=O)(=O)O)c(C)c1C(=O)[O-].[Ba+2].[Ba+2]. The molecule has 0 saturated carbocycles. The average Bonchev–Trinajstić information content (AvgIpc) is 2.65. The van der Waals surface area contributed by atoms with Gasteiger partial charge in [-0.05, 0) is 62.1 Å². The number of aromatic carboxylic acids is 4. The first-order valence-corrected chi connectivity index (χ1v) is 12.1. The number of carbonyl (C=O) groups excluding carboxylic acids is 4. The second-order valence-corrected chi connectivity index (χ2v) is 9.97. The second-order valence-electron chi connectivity index (χ2n) is 7.19. The van der Waals surface area contributed by atoms with Gasteiger partial charge in [0.25, 0.3) is 20.2 Å². The summed E-state index contributed by atoms with van der Waals surface area (Å²) in [5.41, 5.74) is -3.42. The van der Waals surface area contributed by atoms with E-state index in [1.54, 1.807) is 0 Å². The van der Waals surface area contributed by atoms with Gasteiger partial charge in [-0.25, -0.2) is 0 Å². The van der Waals surface area contributed by atoms with Gasteiger partial charge in [-0.3, -0.25) is 9.11 Å². The molecule has 196 valence electrons.